The van der Waals surface area contributed by atoms with Crippen LogP contribution < -0.4 is 9.64 Å². The number of halogens is 3. The van der Waals surface area contributed by atoms with Crippen LogP contribution in [0.15, 0.2) is 36.9 Å². The first-order chi connectivity index (χ1) is 11.4. The number of anilines is 1. The van der Waals surface area contributed by atoms with Gasteiger partial charge in [-0.25, -0.2) is 15.0 Å². The minimum absolute atomic E-state index is 0.178. The number of hydrogen-bond acceptors (Lipinski definition) is 5. The topological polar surface area (TPSA) is 66.9 Å². The third-order valence-electron chi connectivity index (χ3n) is 3.31. The summed E-state index contributed by atoms with van der Waals surface area (Å²) in [6.07, 6.45) is -1.37. The van der Waals surface area contributed by atoms with Gasteiger partial charge in [0.15, 0.2) is 18.1 Å². The van der Waals surface area contributed by atoms with Gasteiger partial charge >= 0.3 is 6.18 Å². The Bertz CT molecular complexity index is 816. The van der Waals surface area contributed by atoms with Crippen molar-refractivity contribution in [1.29, 1.82) is 0 Å². The average Bonchev–Trinajstić information content (AvgIpc) is 3.02. The number of H-pyrrole nitrogens is 1. The Morgan fingerprint density at radius 3 is 2.58 bits per heavy atom. The number of ether oxygens (including phenoxy) is 1. The van der Waals surface area contributed by atoms with Gasteiger partial charge in [-0.1, -0.05) is 12.1 Å². The van der Waals surface area contributed by atoms with Gasteiger partial charge in [0, 0.05) is 13.6 Å². The molecule has 1 aromatic carbocycles. The molecule has 2 heterocycles. The fourth-order valence-corrected chi connectivity index (χ4v) is 2.25. The molecule has 0 radical (unpaired) electrons. The Labute approximate surface area is 135 Å². The molecule has 0 atom stereocenters. The van der Waals surface area contributed by atoms with Crippen molar-refractivity contribution in [2.24, 2.45) is 0 Å². The predicted octanol–water partition coefficient (Wildman–Crippen LogP) is 2.93. The maximum Gasteiger partial charge on any atom is 0.422 e. The second-order valence-electron chi connectivity index (χ2n) is 5.20. The third-order valence-corrected chi connectivity index (χ3v) is 3.31. The Kier molecular flexibility index (Phi) is 4.24. The summed E-state index contributed by atoms with van der Waals surface area (Å²) in [7, 11) is 1.86. The molecule has 1 N–H and O–H groups in total. The summed E-state index contributed by atoms with van der Waals surface area (Å²) in [5, 5.41) is 0. The van der Waals surface area contributed by atoms with Crippen LogP contribution in [0.25, 0.3) is 11.2 Å². The van der Waals surface area contributed by atoms with Gasteiger partial charge in [-0.05, 0) is 17.7 Å². The van der Waals surface area contributed by atoms with E-state index in [1.165, 1.54) is 18.5 Å². The number of nitrogens with zero attached hydrogens (tertiary/aromatic N) is 4. The minimum Gasteiger partial charge on any atom is -0.484 e. The van der Waals surface area contributed by atoms with Crippen LogP contribution in [0.4, 0.5) is 19.0 Å². The van der Waals surface area contributed by atoms with Gasteiger partial charge in [-0.2, -0.15) is 13.2 Å². The van der Waals surface area contributed by atoms with E-state index in [9.17, 15) is 13.2 Å². The Morgan fingerprint density at radius 1 is 1.12 bits per heavy atom. The third kappa shape index (κ3) is 3.73. The number of aromatic amines is 1. The Morgan fingerprint density at radius 2 is 1.88 bits per heavy atom. The van der Waals surface area contributed by atoms with Crippen molar-refractivity contribution in [2.45, 2.75) is 12.7 Å². The standard InChI is InChI=1S/C15H14F3N5O/c1-23(14-12-13(20-8-19-12)21-9-22-14)6-10-2-4-11(5-3-10)24-7-15(16,17)18/h2-5,8-9H,6-7H2,1H3,(H,19,20,21,22). The number of imidazole rings is 1. The molecule has 0 saturated carbocycles. The SMILES string of the molecule is CN(Cc1ccc(OCC(F)(F)F)cc1)c1ncnc2nc[nH]c12. The van der Waals surface area contributed by atoms with Crippen molar-refractivity contribution >= 4 is 17.0 Å². The number of aromatic nitrogens is 4. The van der Waals surface area contributed by atoms with Gasteiger partial charge in [0.1, 0.15) is 17.6 Å². The van der Waals surface area contributed by atoms with Crippen LogP contribution in [-0.2, 0) is 6.54 Å². The molecular weight excluding hydrogens is 323 g/mol. The van der Waals surface area contributed by atoms with Crippen LogP contribution in [0, 0.1) is 0 Å². The van der Waals surface area contributed by atoms with Crippen molar-refractivity contribution < 1.29 is 17.9 Å². The summed E-state index contributed by atoms with van der Waals surface area (Å²) in [6, 6.07) is 6.46. The van der Waals surface area contributed by atoms with E-state index in [0.29, 0.717) is 18.0 Å². The average molecular weight is 337 g/mol. The zero-order chi connectivity index (χ0) is 17.2. The highest BCUT2D eigenvalue weighted by atomic mass is 19.4. The van der Waals surface area contributed by atoms with E-state index in [1.807, 2.05) is 11.9 Å². The van der Waals surface area contributed by atoms with Crippen molar-refractivity contribution in [3.05, 3.63) is 42.5 Å². The zero-order valence-electron chi connectivity index (χ0n) is 12.7. The zero-order valence-corrected chi connectivity index (χ0v) is 12.7. The Balaban J connectivity index is 1.68. The van der Waals surface area contributed by atoms with E-state index in [-0.39, 0.29) is 5.75 Å². The quantitative estimate of drug-likeness (QED) is 0.775. The summed E-state index contributed by atoms with van der Waals surface area (Å²) in [5.74, 6) is 0.867. The van der Waals surface area contributed by atoms with Gasteiger partial charge in [0.2, 0.25) is 0 Å². The van der Waals surface area contributed by atoms with Crippen molar-refractivity contribution in [3.63, 3.8) is 0 Å². The number of rotatable bonds is 5. The lowest BCUT2D eigenvalue weighted by Gasteiger charge is -2.18. The lowest BCUT2D eigenvalue weighted by Crippen LogP contribution is -2.19. The Hall–Kier alpha value is -2.84. The molecule has 0 aliphatic heterocycles. The summed E-state index contributed by atoms with van der Waals surface area (Å²) >= 11 is 0. The maximum absolute atomic E-state index is 12.1. The summed E-state index contributed by atoms with van der Waals surface area (Å²) in [5.41, 5.74) is 2.20. The highest BCUT2D eigenvalue weighted by Crippen LogP contribution is 2.22. The summed E-state index contributed by atoms with van der Waals surface area (Å²) in [4.78, 5) is 17.3. The molecule has 9 heteroatoms. The van der Waals surface area contributed by atoms with E-state index in [2.05, 4.69) is 24.7 Å². The van der Waals surface area contributed by atoms with Gasteiger partial charge in [0.05, 0.1) is 6.33 Å². The number of benzene rings is 1. The first-order valence-corrected chi connectivity index (χ1v) is 7.06. The number of alkyl halides is 3. The van der Waals surface area contributed by atoms with Crippen LogP contribution in [-0.4, -0.2) is 39.8 Å². The molecule has 0 fully saturated rings. The van der Waals surface area contributed by atoms with Gasteiger partial charge in [-0.15, -0.1) is 0 Å². The minimum atomic E-state index is -4.35. The van der Waals surface area contributed by atoms with Gasteiger partial charge < -0.3 is 14.6 Å². The van der Waals surface area contributed by atoms with E-state index in [0.717, 1.165) is 11.1 Å². The van der Waals surface area contributed by atoms with Gasteiger partial charge in [0.25, 0.3) is 0 Å². The van der Waals surface area contributed by atoms with Crippen LogP contribution in [0.5, 0.6) is 5.75 Å². The second kappa shape index (κ2) is 6.34. The second-order valence-corrected chi connectivity index (χ2v) is 5.20. The van der Waals surface area contributed by atoms with E-state index >= 15 is 0 Å². The number of nitrogens with one attached hydrogen (secondary N) is 1. The van der Waals surface area contributed by atoms with Crippen LogP contribution in [0.3, 0.4) is 0 Å². The molecule has 3 aromatic rings. The van der Waals surface area contributed by atoms with Crippen LogP contribution in [0.2, 0.25) is 0 Å². The highest BCUT2D eigenvalue weighted by molar-refractivity contribution is 5.82. The first kappa shape index (κ1) is 16.0. The molecule has 24 heavy (non-hydrogen) atoms. The molecule has 0 aliphatic rings. The largest absolute Gasteiger partial charge is 0.484 e. The highest BCUT2D eigenvalue weighted by Gasteiger charge is 2.28. The first-order valence-electron chi connectivity index (χ1n) is 7.06. The molecule has 0 aliphatic carbocycles. The molecule has 3 rings (SSSR count). The van der Waals surface area contributed by atoms with Crippen molar-refractivity contribution in [1.82, 2.24) is 19.9 Å². The molecule has 126 valence electrons. The van der Waals surface area contributed by atoms with Crippen molar-refractivity contribution in [2.75, 3.05) is 18.6 Å². The smallest absolute Gasteiger partial charge is 0.422 e. The fourth-order valence-electron chi connectivity index (χ4n) is 2.25. The van der Waals surface area contributed by atoms with Crippen molar-refractivity contribution in [3.8, 4) is 5.75 Å². The molecule has 0 spiro atoms. The van der Waals surface area contributed by atoms with E-state index in [4.69, 9.17) is 0 Å². The molecule has 0 saturated heterocycles. The van der Waals surface area contributed by atoms with Crippen LogP contribution >= 0.6 is 0 Å². The van der Waals surface area contributed by atoms with E-state index < -0.39 is 12.8 Å². The monoisotopic (exact) mass is 337 g/mol. The summed E-state index contributed by atoms with van der Waals surface area (Å²) < 4.78 is 41.1. The molecule has 0 unspecified atom stereocenters. The molecule has 0 amide bonds. The molecular formula is C15H14F3N5O. The summed E-state index contributed by atoms with van der Waals surface area (Å²) in [6.45, 7) is -0.782. The fraction of sp³-hybridized carbons (Fsp3) is 0.267. The number of fused-ring (bicyclic) bond motifs is 1. The predicted molar refractivity (Wildman–Crippen MR) is 81.8 cm³/mol. The molecule has 2 aromatic heterocycles. The van der Waals surface area contributed by atoms with Crippen LogP contribution in [0.1, 0.15) is 5.56 Å². The lowest BCUT2D eigenvalue weighted by atomic mass is 10.2. The lowest BCUT2D eigenvalue weighted by molar-refractivity contribution is -0.153. The molecule has 0 bridgehead atoms. The van der Waals surface area contributed by atoms with E-state index in [1.54, 1.807) is 18.5 Å². The maximum atomic E-state index is 12.1. The van der Waals surface area contributed by atoms with Gasteiger partial charge in [-0.3, -0.25) is 0 Å². The number of hydrogen-bond donors (Lipinski definition) is 1. The normalized spacial score (nSPS) is 11.7. The molecule has 6 nitrogen and oxygen atoms in total.